The second-order valence-electron chi connectivity index (χ2n) is 5.62. The molecule has 0 saturated heterocycles. The summed E-state index contributed by atoms with van der Waals surface area (Å²) in [7, 11) is 1.05. The second kappa shape index (κ2) is 6.06. The third kappa shape index (κ3) is 2.73. The van der Waals surface area contributed by atoms with Crippen LogP contribution in [0.1, 0.15) is 45.9 Å². The zero-order valence-electron chi connectivity index (χ0n) is 26.3. The van der Waals surface area contributed by atoms with E-state index in [0.29, 0.717) is 15.2 Å². The van der Waals surface area contributed by atoms with Gasteiger partial charge in [-0.15, -0.1) is 0 Å². The van der Waals surface area contributed by atoms with E-state index in [-0.39, 0.29) is 22.0 Å². The summed E-state index contributed by atoms with van der Waals surface area (Å²) in [6.07, 6.45) is -4.75. The first-order valence-corrected chi connectivity index (χ1v) is 7.48. The molecule has 0 atom stereocenters. The van der Waals surface area contributed by atoms with Crippen molar-refractivity contribution in [2.24, 2.45) is 0 Å². The fourth-order valence-electron chi connectivity index (χ4n) is 2.63. The lowest BCUT2D eigenvalue weighted by molar-refractivity contribution is 0.309. The quantitative estimate of drug-likeness (QED) is 0.726. The Balaban J connectivity index is 2.19. The average molecular weight is 333 g/mol. The number of nitrogens with zero attached hydrogens (tertiary/aromatic N) is 3. The Morgan fingerprint density at radius 2 is 2.25 bits per heavy atom. The number of benzene rings is 1. The van der Waals surface area contributed by atoms with Gasteiger partial charge in [0.15, 0.2) is 0 Å². The van der Waals surface area contributed by atoms with E-state index in [1.807, 2.05) is 0 Å². The van der Waals surface area contributed by atoms with Crippen molar-refractivity contribution in [3.63, 3.8) is 0 Å². The SMILES string of the molecule is [2H]C([2H])([2H])c1ccc2c(c1)c1c(n2C([2H])([2H])C([2H])([2H])c2ccc(C)nc2)C([2H])([2H])C([2H])([2H])N(C)C1([2H])[2H]. The molecule has 2 aromatic heterocycles. The van der Waals surface area contributed by atoms with Crippen LogP contribution in [0.25, 0.3) is 10.9 Å². The van der Waals surface area contributed by atoms with Gasteiger partial charge in [0.1, 0.15) is 0 Å². The van der Waals surface area contributed by atoms with E-state index in [0.717, 1.165) is 19.3 Å². The Morgan fingerprint density at radius 3 is 3.04 bits per heavy atom. The Kier molecular flexibility index (Phi) is 1.68. The largest absolute Gasteiger partial charge is 0.344 e. The average Bonchev–Trinajstić information content (AvgIpc) is 3.14. The molecule has 3 heterocycles. The van der Waals surface area contributed by atoms with E-state index in [9.17, 15) is 0 Å². The maximum atomic E-state index is 8.95. The van der Waals surface area contributed by atoms with Gasteiger partial charge in [-0.25, -0.2) is 0 Å². The van der Waals surface area contributed by atoms with Crippen LogP contribution in [0.3, 0.4) is 0 Å². The number of rotatable bonds is 3. The smallest absolute Gasteiger partial charge is 0.0501 e. The Labute approximate surface area is 162 Å². The summed E-state index contributed by atoms with van der Waals surface area (Å²) in [4.78, 5) is 4.58. The molecule has 4 rings (SSSR count). The highest BCUT2D eigenvalue weighted by Crippen LogP contribution is 2.31. The van der Waals surface area contributed by atoms with Crippen LogP contribution in [-0.4, -0.2) is 28.0 Å². The minimum absolute atomic E-state index is 0.151. The minimum atomic E-state index is -3.10. The fraction of sp³-hybridized carbons (Fsp3) is 0.381. The molecule has 3 aromatic rings. The zero-order chi connectivity index (χ0) is 28.1. The molecule has 1 aliphatic rings. The molecule has 0 unspecified atom stereocenters. The molecule has 3 nitrogen and oxygen atoms in total. The summed E-state index contributed by atoms with van der Waals surface area (Å²) in [6.45, 7) is -9.76. The van der Waals surface area contributed by atoms with E-state index in [4.69, 9.17) is 17.8 Å². The van der Waals surface area contributed by atoms with Gasteiger partial charge in [-0.1, -0.05) is 17.7 Å². The topological polar surface area (TPSA) is 21.1 Å². The van der Waals surface area contributed by atoms with Gasteiger partial charge in [-0.2, -0.15) is 0 Å². The zero-order valence-corrected chi connectivity index (χ0v) is 13.3. The first kappa shape index (κ1) is 6.64. The predicted octanol–water partition coefficient (Wildman–Crippen LogP) is 3.88. The Morgan fingerprint density at radius 1 is 1.33 bits per heavy atom. The van der Waals surface area contributed by atoms with Crippen molar-refractivity contribution in [1.29, 1.82) is 0 Å². The highest BCUT2D eigenvalue weighted by molar-refractivity contribution is 5.86. The molecule has 1 aliphatic heterocycles. The van der Waals surface area contributed by atoms with E-state index in [1.165, 1.54) is 24.3 Å². The molecule has 0 amide bonds. The molecule has 0 aliphatic carbocycles. The molecule has 24 heavy (non-hydrogen) atoms. The molecule has 3 heteroatoms. The van der Waals surface area contributed by atoms with Crippen LogP contribution >= 0.6 is 0 Å². The molecule has 0 saturated carbocycles. The van der Waals surface area contributed by atoms with Crippen LogP contribution in [-0.2, 0) is 25.7 Å². The summed E-state index contributed by atoms with van der Waals surface area (Å²) < 4.78 is 111. The third-order valence-electron chi connectivity index (χ3n) is 3.81. The number of likely N-dealkylation sites (N-methyl/N-ethyl adjacent to an activating group) is 1. The maximum Gasteiger partial charge on any atom is 0.0501 e. The van der Waals surface area contributed by atoms with Crippen molar-refractivity contribution in [2.75, 3.05) is 13.5 Å². The molecule has 0 bridgehead atoms. The number of pyridine rings is 1. The predicted molar refractivity (Wildman–Crippen MR) is 99.4 cm³/mol. The lowest BCUT2D eigenvalue weighted by Gasteiger charge is -2.24. The molecule has 0 spiro atoms. The molecule has 0 radical (unpaired) electrons. The van der Waals surface area contributed by atoms with Crippen LogP contribution in [0.4, 0.5) is 0 Å². The molecule has 0 fully saturated rings. The van der Waals surface area contributed by atoms with Crippen molar-refractivity contribution in [3.8, 4) is 0 Å². The highest BCUT2D eigenvalue weighted by atomic mass is 15.1. The first-order chi connectivity index (χ1) is 16.6. The third-order valence-corrected chi connectivity index (χ3v) is 3.81. The number of hydrogen-bond acceptors (Lipinski definition) is 2. The summed E-state index contributed by atoms with van der Waals surface area (Å²) in [5, 5.41) is -0.151. The normalized spacial score (nSPS) is 31.0. The van der Waals surface area contributed by atoms with Gasteiger partial charge in [0.25, 0.3) is 0 Å². The standard InChI is InChI=1S/C21H25N3/c1-15-4-7-20-18(12-15)19-14-23(3)10-9-21(19)24(20)11-8-17-6-5-16(2)22-13-17/h4-7,12-13H,8-11,14H2,1-3H3/i1D3,8D2,9D2,10D2,11D2,14D2. The number of aromatic nitrogens is 2. The first-order valence-electron chi connectivity index (χ1n) is 14.0. The van der Waals surface area contributed by atoms with Gasteiger partial charge in [0.2, 0.25) is 0 Å². The van der Waals surface area contributed by atoms with E-state index in [2.05, 4.69) is 4.98 Å². The van der Waals surface area contributed by atoms with E-state index in [1.54, 1.807) is 6.92 Å². The Bertz CT molecular complexity index is 1370. The van der Waals surface area contributed by atoms with Gasteiger partial charge in [-0.05, 0) is 56.5 Å². The number of aryl methyl sites for hydroxylation is 4. The van der Waals surface area contributed by atoms with Crippen LogP contribution in [0.15, 0.2) is 36.5 Å². The van der Waals surface area contributed by atoms with Crippen LogP contribution in [0.2, 0.25) is 0 Å². The summed E-state index contributed by atoms with van der Waals surface area (Å²) in [6, 6.07) is 6.28. The van der Waals surface area contributed by atoms with Crippen molar-refractivity contribution in [3.05, 3.63) is 64.6 Å². The van der Waals surface area contributed by atoms with Crippen molar-refractivity contribution < 1.29 is 17.8 Å². The fourth-order valence-corrected chi connectivity index (χ4v) is 2.63. The lowest BCUT2D eigenvalue weighted by atomic mass is 10.0. The lowest BCUT2D eigenvalue weighted by Crippen LogP contribution is -2.27. The van der Waals surface area contributed by atoms with Crippen molar-refractivity contribution in [1.82, 2.24) is 14.5 Å². The highest BCUT2D eigenvalue weighted by Gasteiger charge is 2.22. The Hall–Kier alpha value is -2.13. The summed E-state index contributed by atoms with van der Waals surface area (Å²) >= 11 is 0. The van der Waals surface area contributed by atoms with Gasteiger partial charge in [0.05, 0.1) is 2.74 Å². The van der Waals surface area contributed by atoms with Crippen molar-refractivity contribution >= 4 is 10.9 Å². The number of fused-ring (bicyclic) bond motifs is 3. The van der Waals surface area contributed by atoms with E-state index >= 15 is 0 Å². The second-order valence-corrected chi connectivity index (χ2v) is 5.62. The monoisotopic (exact) mass is 332 g/mol. The molecule has 1 aromatic carbocycles. The van der Waals surface area contributed by atoms with Crippen molar-refractivity contribution in [2.45, 2.75) is 39.5 Å². The molecule has 124 valence electrons. The van der Waals surface area contributed by atoms with Crippen LogP contribution < -0.4 is 0 Å². The summed E-state index contributed by atoms with van der Waals surface area (Å²) in [5.41, 5.74) is -1.20. The number of hydrogen-bond donors (Lipinski definition) is 0. The van der Waals surface area contributed by atoms with Gasteiger partial charge < -0.3 is 9.47 Å². The minimum Gasteiger partial charge on any atom is -0.344 e. The van der Waals surface area contributed by atoms with Gasteiger partial charge in [-0.3, -0.25) is 4.98 Å². The van der Waals surface area contributed by atoms with Crippen LogP contribution in [0.5, 0.6) is 0 Å². The van der Waals surface area contributed by atoms with Gasteiger partial charge in [0, 0.05) is 69.4 Å². The molecular formula is C21H25N3. The van der Waals surface area contributed by atoms with Crippen LogP contribution in [0, 0.1) is 13.8 Å². The summed E-state index contributed by atoms with van der Waals surface area (Å²) in [5.74, 6) is 0. The van der Waals surface area contributed by atoms with E-state index < -0.39 is 50.3 Å². The molecular weight excluding hydrogens is 294 g/mol. The molecule has 0 N–H and O–H groups in total. The maximum absolute atomic E-state index is 8.95. The van der Waals surface area contributed by atoms with Gasteiger partial charge >= 0.3 is 0 Å².